The van der Waals surface area contributed by atoms with Crippen LogP contribution < -0.4 is 0 Å². The van der Waals surface area contributed by atoms with Crippen LogP contribution in [0.25, 0.3) is 0 Å². The van der Waals surface area contributed by atoms with Crippen LogP contribution in [0, 0.1) is 35.5 Å². The molecule has 3 saturated heterocycles. The van der Waals surface area contributed by atoms with Gasteiger partial charge in [0.25, 0.3) is 0 Å². The van der Waals surface area contributed by atoms with Crippen LogP contribution in [0.2, 0.25) is 0 Å². The molecule has 55 heavy (non-hydrogen) atoms. The molecule has 0 aromatic carbocycles. The molecule has 6 aliphatic rings. The van der Waals surface area contributed by atoms with E-state index in [0.717, 1.165) is 50.5 Å². The van der Waals surface area contributed by atoms with Crippen molar-refractivity contribution in [1.29, 1.82) is 0 Å². The lowest BCUT2D eigenvalue weighted by molar-refractivity contribution is -0.314. The van der Waals surface area contributed by atoms with Crippen LogP contribution in [-0.2, 0) is 52.2 Å². The fourth-order valence-corrected chi connectivity index (χ4v) is 12.4. The van der Waals surface area contributed by atoms with E-state index in [4.69, 9.17) is 42.6 Å². The van der Waals surface area contributed by atoms with E-state index >= 15 is 0 Å². The third-order valence-corrected chi connectivity index (χ3v) is 15.2. The van der Waals surface area contributed by atoms with Gasteiger partial charge in [-0.05, 0) is 103 Å². The molecule has 19 atom stereocenters. The molecule has 0 spiro atoms. The second kappa shape index (κ2) is 18.9. The number of allylic oxidation sites excluding steroid dienone is 2. The smallest absolute Gasteiger partial charge is 0.306 e. The van der Waals surface area contributed by atoms with Gasteiger partial charge in [-0.2, -0.15) is 0 Å². The number of cyclic esters (lactones) is 1. The lowest BCUT2D eigenvalue weighted by atomic mass is 9.64. The van der Waals surface area contributed by atoms with E-state index in [-0.39, 0.29) is 108 Å². The number of alkyl halides is 1. The highest BCUT2D eigenvalue weighted by Crippen LogP contribution is 2.59. The van der Waals surface area contributed by atoms with Crippen molar-refractivity contribution in [3.05, 3.63) is 11.6 Å². The summed E-state index contributed by atoms with van der Waals surface area (Å²) in [7, 11) is 10.9. The lowest BCUT2D eigenvalue weighted by Gasteiger charge is -2.46. The maximum absolute atomic E-state index is 14.9. The molecule has 13 heteroatoms. The molecular weight excluding hydrogens is 774 g/mol. The Balaban J connectivity index is 1.27. The molecule has 0 N–H and O–H groups in total. The fraction of sp³-hybridized carbons (Fsp3) is 0.905. The van der Waals surface area contributed by atoms with E-state index in [9.17, 15) is 9.59 Å². The Morgan fingerprint density at radius 3 is 2.15 bits per heavy atom. The first-order valence-electron chi connectivity index (χ1n) is 20.8. The summed E-state index contributed by atoms with van der Waals surface area (Å²) in [6, 6.07) is 0.324. The summed E-state index contributed by atoms with van der Waals surface area (Å²) in [5, 5.41) is 0. The highest BCUT2D eigenvalue weighted by molar-refractivity contribution is 9.09. The van der Waals surface area contributed by atoms with Gasteiger partial charge in [0.2, 0.25) is 0 Å². The third kappa shape index (κ3) is 8.97. The van der Waals surface area contributed by atoms with Gasteiger partial charge >= 0.3 is 5.97 Å². The first-order chi connectivity index (χ1) is 26.3. The van der Waals surface area contributed by atoms with Gasteiger partial charge in [0.15, 0.2) is 18.4 Å². The molecular formula is C42H68BrNO11. The molecule has 5 unspecified atom stereocenters. The molecule has 12 nitrogen and oxygen atoms in total. The van der Waals surface area contributed by atoms with Gasteiger partial charge in [0.05, 0.1) is 36.9 Å². The number of halogens is 1. The van der Waals surface area contributed by atoms with Crippen LogP contribution in [0.5, 0.6) is 0 Å². The van der Waals surface area contributed by atoms with Crippen LogP contribution in [0.15, 0.2) is 11.6 Å². The van der Waals surface area contributed by atoms with Crippen molar-refractivity contribution >= 4 is 27.7 Å². The zero-order valence-corrected chi connectivity index (χ0v) is 36.3. The van der Waals surface area contributed by atoms with Crippen molar-refractivity contribution in [2.75, 3.05) is 42.5 Å². The number of Topliss-reactive ketones (excluding diaryl/α,β-unsaturated/α-hetero) is 1. The largest absolute Gasteiger partial charge is 0.462 e. The first-order valence-corrected chi connectivity index (χ1v) is 21.8. The van der Waals surface area contributed by atoms with Crippen molar-refractivity contribution < 1.29 is 52.2 Å². The highest BCUT2D eigenvalue weighted by Gasteiger charge is 2.60. The Bertz CT molecular complexity index is 1330. The summed E-state index contributed by atoms with van der Waals surface area (Å²) >= 11 is 4.10. The van der Waals surface area contributed by atoms with Gasteiger partial charge in [-0.25, -0.2) is 0 Å². The zero-order chi connectivity index (χ0) is 39.7. The zero-order valence-electron chi connectivity index (χ0n) is 34.7. The Kier molecular flexibility index (Phi) is 15.0. The number of nitrogens with zero attached hydrogens (tertiary/aromatic N) is 1. The van der Waals surface area contributed by atoms with Gasteiger partial charge in [0.1, 0.15) is 24.4 Å². The quantitative estimate of drug-likeness (QED) is 0.198. The van der Waals surface area contributed by atoms with Crippen LogP contribution in [-0.4, -0.2) is 138 Å². The molecule has 2 saturated carbocycles. The van der Waals surface area contributed by atoms with E-state index in [1.807, 2.05) is 13.8 Å². The summed E-state index contributed by atoms with van der Waals surface area (Å²) < 4.78 is 56.3. The van der Waals surface area contributed by atoms with E-state index in [2.05, 4.69) is 54.8 Å². The van der Waals surface area contributed by atoms with Gasteiger partial charge in [-0.1, -0.05) is 35.9 Å². The fourth-order valence-electron chi connectivity index (χ4n) is 11.2. The summed E-state index contributed by atoms with van der Waals surface area (Å²) in [5.41, 5.74) is 0.719. The van der Waals surface area contributed by atoms with Crippen LogP contribution in [0.3, 0.4) is 0 Å². The predicted molar refractivity (Wildman–Crippen MR) is 209 cm³/mol. The summed E-state index contributed by atoms with van der Waals surface area (Å²) in [5.74, 6) is -0.587. The van der Waals surface area contributed by atoms with Crippen molar-refractivity contribution in [1.82, 2.24) is 4.90 Å². The monoisotopic (exact) mass is 841 g/mol. The minimum Gasteiger partial charge on any atom is -0.462 e. The van der Waals surface area contributed by atoms with Crippen molar-refractivity contribution in [2.45, 2.75) is 164 Å². The highest BCUT2D eigenvalue weighted by atomic mass is 79.9. The molecule has 3 aliphatic heterocycles. The number of carbonyl (C=O) groups is 2. The molecule has 3 aliphatic carbocycles. The molecule has 314 valence electrons. The van der Waals surface area contributed by atoms with Crippen LogP contribution in [0.4, 0.5) is 0 Å². The Labute approximate surface area is 337 Å². The second-order valence-electron chi connectivity index (χ2n) is 17.3. The number of ketones is 1. The third-order valence-electron chi connectivity index (χ3n) is 14.0. The molecule has 5 fully saturated rings. The average Bonchev–Trinajstić information content (AvgIpc) is 3.74. The number of likely N-dealkylation sites (N-methyl/N-ethyl adjacent to an activating group) is 1. The maximum atomic E-state index is 14.9. The van der Waals surface area contributed by atoms with Gasteiger partial charge in [-0.3, -0.25) is 9.59 Å². The molecule has 0 amide bonds. The van der Waals surface area contributed by atoms with Crippen LogP contribution >= 0.6 is 15.9 Å². The molecule has 6 rings (SSSR count). The molecule has 0 aromatic heterocycles. The second-order valence-corrected chi connectivity index (χ2v) is 18.3. The number of methoxy groups -OCH3 is 4. The number of fused-ring (bicyclic) bond motifs is 5. The van der Waals surface area contributed by atoms with Gasteiger partial charge in [0, 0.05) is 57.1 Å². The number of rotatable bonds is 10. The van der Waals surface area contributed by atoms with Gasteiger partial charge < -0.3 is 47.5 Å². The minimum absolute atomic E-state index is 0.0000477. The van der Waals surface area contributed by atoms with Crippen molar-refractivity contribution in [2.24, 2.45) is 35.5 Å². The summed E-state index contributed by atoms with van der Waals surface area (Å²) in [4.78, 5) is 30.9. The predicted octanol–water partition coefficient (Wildman–Crippen LogP) is 5.71. The molecule has 0 radical (unpaired) electrons. The van der Waals surface area contributed by atoms with E-state index in [1.165, 1.54) is 0 Å². The van der Waals surface area contributed by atoms with E-state index in [1.54, 1.807) is 28.4 Å². The lowest BCUT2D eigenvalue weighted by Crippen LogP contribution is -2.59. The SMILES string of the molecule is CC[C@H]1CCC[C@H](O[C@H]2CC[C@H](N(C)C)C(C)O2)[C@@H](C)C(=O)C2=C[C@H]3[C@@H]4C[C@H](O[C@@H]5OC(C)[C@H](OC)C(OC)[C@@H]5OC)C[C@H]4C(Br)C(OC)[C@H]3[C@@H]2CC(=O)O1. The van der Waals surface area contributed by atoms with Gasteiger partial charge in [-0.15, -0.1) is 0 Å². The number of esters is 1. The van der Waals surface area contributed by atoms with Crippen molar-refractivity contribution in [3.8, 4) is 0 Å². The molecule has 0 bridgehead atoms. The Morgan fingerprint density at radius 1 is 0.818 bits per heavy atom. The Morgan fingerprint density at radius 2 is 1.51 bits per heavy atom. The number of hydrogen-bond donors (Lipinski definition) is 0. The number of ether oxygens (including phenoxy) is 9. The average molecular weight is 843 g/mol. The summed E-state index contributed by atoms with van der Waals surface area (Å²) in [6.07, 6.45) is 5.40. The van der Waals surface area contributed by atoms with Crippen molar-refractivity contribution in [3.63, 3.8) is 0 Å². The summed E-state index contributed by atoms with van der Waals surface area (Å²) in [6.45, 7) is 8.14. The Hall–Kier alpha value is -1.00. The topological polar surface area (TPSA) is 120 Å². The molecule has 0 aromatic rings. The van der Waals surface area contributed by atoms with E-state index in [0.29, 0.717) is 12.5 Å². The van der Waals surface area contributed by atoms with Crippen LogP contribution in [0.1, 0.15) is 85.5 Å². The maximum Gasteiger partial charge on any atom is 0.306 e. The minimum atomic E-state index is -0.633. The number of hydrogen-bond acceptors (Lipinski definition) is 12. The molecule has 3 heterocycles. The van der Waals surface area contributed by atoms with E-state index < -0.39 is 18.3 Å². The standard InChI is InChI=1S/C42H68BrNO11/c1-11-24-13-12-14-32(55-34-16-15-31(44(5)6)22(3)51-34)21(2)37(46)30-19-27-26-17-25(54-42-41(50-10)40(49-9)38(47-7)23(4)52-42)18-29(26)36(43)39(48-8)35(27)28(30)20-33(45)53-24/h19,21-29,31-32,34-36,38-42H,11-18,20H2,1-10H3/t21-,22?,23?,24+,25+,26+,27+,28-,29-,31+,32+,34+,35-,36?,38+,39?,40?,41+,42+/m1/s1. The first kappa shape index (κ1) is 43.6. The normalized spacial score (nSPS) is 46.9. The number of carbonyl (C=O) groups excluding carboxylic acids is 2.